The van der Waals surface area contributed by atoms with Crippen molar-refractivity contribution < 1.29 is 14.3 Å². The van der Waals surface area contributed by atoms with E-state index >= 15 is 0 Å². The van der Waals surface area contributed by atoms with Gasteiger partial charge in [-0.3, -0.25) is 14.9 Å². The van der Waals surface area contributed by atoms with Crippen molar-refractivity contribution in [2.75, 3.05) is 11.9 Å². The number of carbonyl (C=O) groups is 2. The zero-order valence-corrected chi connectivity index (χ0v) is 12.8. The summed E-state index contributed by atoms with van der Waals surface area (Å²) in [5.41, 5.74) is 0.939. The Morgan fingerprint density at radius 2 is 2.14 bits per heavy atom. The second kappa shape index (κ2) is 7.19. The summed E-state index contributed by atoms with van der Waals surface area (Å²) in [6.07, 6.45) is 0.0896. The number of nitrogens with zero attached hydrogens (tertiary/aromatic N) is 1. The van der Waals surface area contributed by atoms with Gasteiger partial charge in [0, 0.05) is 5.38 Å². The SMILES string of the molecule is CCOC(=O)Cc1csc(NC(=O)c2ccccc2Cl)n1. The molecular weight excluding hydrogens is 312 g/mol. The maximum atomic E-state index is 12.0. The maximum absolute atomic E-state index is 12.0. The number of nitrogens with one attached hydrogen (secondary N) is 1. The number of thiazole rings is 1. The average Bonchev–Trinajstić information content (AvgIpc) is 2.86. The molecule has 0 unspecified atom stereocenters. The van der Waals surface area contributed by atoms with Crippen LogP contribution in [0.1, 0.15) is 23.0 Å². The highest BCUT2D eigenvalue weighted by Gasteiger charge is 2.13. The normalized spacial score (nSPS) is 10.2. The fourth-order valence-corrected chi connectivity index (χ4v) is 2.54. The van der Waals surface area contributed by atoms with Crippen molar-refractivity contribution in [3.8, 4) is 0 Å². The van der Waals surface area contributed by atoms with Gasteiger partial charge in [0.2, 0.25) is 0 Å². The van der Waals surface area contributed by atoms with Crippen LogP contribution in [-0.2, 0) is 16.0 Å². The molecule has 1 amide bonds. The average molecular weight is 325 g/mol. The molecule has 0 saturated heterocycles. The van der Waals surface area contributed by atoms with Gasteiger partial charge in [0.05, 0.1) is 29.3 Å². The Morgan fingerprint density at radius 1 is 1.38 bits per heavy atom. The fraction of sp³-hybridized carbons (Fsp3) is 0.214. The van der Waals surface area contributed by atoms with E-state index in [0.29, 0.717) is 28.0 Å². The molecule has 1 N–H and O–H groups in total. The molecule has 110 valence electrons. The highest BCUT2D eigenvalue weighted by atomic mass is 35.5. The molecule has 0 spiro atoms. The molecule has 21 heavy (non-hydrogen) atoms. The molecule has 2 rings (SSSR count). The molecule has 1 aromatic carbocycles. The summed E-state index contributed by atoms with van der Waals surface area (Å²) in [4.78, 5) is 27.6. The first-order valence-corrected chi connectivity index (χ1v) is 7.51. The first-order chi connectivity index (χ1) is 10.1. The number of amides is 1. The number of carbonyl (C=O) groups excluding carboxylic acids is 2. The van der Waals surface area contributed by atoms with Crippen LogP contribution in [0.15, 0.2) is 29.6 Å². The van der Waals surface area contributed by atoms with Crippen LogP contribution in [0.5, 0.6) is 0 Å². The van der Waals surface area contributed by atoms with Gasteiger partial charge < -0.3 is 4.74 Å². The van der Waals surface area contributed by atoms with Crippen LogP contribution in [0.4, 0.5) is 5.13 Å². The van der Waals surface area contributed by atoms with Crippen molar-refractivity contribution >= 4 is 39.9 Å². The van der Waals surface area contributed by atoms with E-state index in [2.05, 4.69) is 10.3 Å². The number of rotatable bonds is 5. The highest BCUT2D eigenvalue weighted by molar-refractivity contribution is 7.14. The number of hydrogen-bond acceptors (Lipinski definition) is 5. The quantitative estimate of drug-likeness (QED) is 0.858. The topological polar surface area (TPSA) is 68.3 Å². The van der Waals surface area contributed by atoms with Crippen molar-refractivity contribution in [2.24, 2.45) is 0 Å². The smallest absolute Gasteiger partial charge is 0.311 e. The minimum atomic E-state index is -0.341. The van der Waals surface area contributed by atoms with E-state index in [-0.39, 0.29) is 18.3 Å². The monoisotopic (exact) mass is 324 g/mol. The van der Waals surface area contributed by atoms with Crippen LogP contribution in [0, 0.1) is 0 Å². The van der Waals surface area contributed by atoms with Crippen LogP contribution in [0.3, 0.4) is 0 Å². The number of ether oxygens (including phenoxy) is 1. The van der Waals surface area contributed by atoms with Crippen molar-refractivity contribution in [2.45, 2.75) is 13.3 Å². The van der Waals surface area contributed by atoms with Gasteiger partial charge in [-0.2, -0.15) is 0 Å². The van der Waals surface area contributed by atoms with Gasteiger partial charge in [-0.05, 0) is 19.1 Å². The number of hydrogen-bond donors (Lipinski definition) is 1. The van der Waals surface area contributed by atoms with E-state index in [4.69, 9.17) is 16.3 Å². The lowest BCUT2D eigenvalue weighted by atomic mass is 10.2. The van der Waals surface area contributed by atoms with Crippen molar-refractivity contribution in [1.29, 1.82) is 0 Å². The van der Waals surface area contributed by atoms with E-state index in [1.165, 1.54) is 11.3 Å². The maximum Gasteiger partial charge on any atom is 0.311 e. The van der Waals surface area contributed by atoms with Gasteiger partial charge in [0.1, 0.15) is 0 Å². The molecule has 0 saturated carbocycles. The predicted molar refractivity (Wildman–Crippen MR) is 81.9 cm³/mol. The third-order valence-electron chi connectivity index (χ3n) is 2.52. The van der Waals surface area contributed by atoms with Gasteiger partial charge in [0.25, 0.3) is 5.91 Å². The number of esters is 1. The molecule has 2 aromatic rings. The van der Waals surface area contributed by atoms with Crippen molar-refractivity contribution in [3.63, 3.8) is 0 Å². The van der Waals surface area contributed by atoms with E-state index < -0.39 is 0 Å². The summed E-state index contributed by atoms with van der Waals surface area (Å²) < 4.78 is 4.84. The lowest BCUT2D eigenvalue weighted by Crippen LogP contribution is -2.12. The molecule has 0 radical (unpaired) electrons. The van der Waals surface area contributed by atoms with Gasteiger partial charge in [-0.15, -0.1) is 11.3 Å². The van der Waals surface area contributed by atoms with Gasteiger partial charge in [0.15, 0.2) is 5.13 Å². The van der Waals surface area contributed by atoms with Crippen LogP contribution < -0.4 is 5.32 Å². The first kappa shape index (κ1) is 15.5. The van der Waals surface area contributed by atoms with Crippen LogP contribution in [0.25, 0.3) is 0 Å². The lowest BCUT2D eigenvalue weighted by Gasteiger charge is -2.03. The summed E-state index contributed by atoms with van der Waals surface area (Å²) >= 11 is 7.20. The Kier molecular flexibility index (Phi) is 5.30. The predicted octanol–water partition coefficient (Wildman–Crippen LogP) is 3.15. The Hall–Kier alpha value is -1.92. The molecule has 0 bridgehead atoms. The Morgan fingerprint density at radius 3 is 2.86 bits per heavy atom. The summed E-state index contributed by atoms with van der Waals surface area (Å²) in [6, 6.07) is 6.75. The summed E-state index contributed by atoms with van der Waals surface area (Å²) in [7, 11) is 0. The molecule has 5 nitrogen and oxygen atoms in total. The molecule has 1 heterocycles. The zero-order valence-electron chi connectivity index (χ0n) is 11.3. The highest BCUT2D eigenvalue weighted by Crippen LogP contribution is 2.20. The number of aromatic nitrogens is 1. The number of benzene rings is 1. The first-order valence-electron chi connectivity index (χ1n) is 6.26. The van der Waals surface area contributed by atoms with Crippen LogP contribution in [-0.4, -0.2) is 23.5 Å². The molecule has 0 fully saturated rings. The minimum absolute atomic E-state index is 0.0896. The van der Waals surface area contributed by atoms with Crippen molar-refractivity contribution in [1.82, 2.24) is 4.98 Å². The van der Waals surface area contributed by atoms with Gasteiger partial charge >= 0.3 is 5.97 Å². The van der Waals surface area contributed by atoms with Crippen molar-refractivity contribution in [3.05, 3.63) is 45.9 Å². The van der Waals surface area contributed by atoms with E-state index in [9.17, 15) is 9.59 Å². The van der Waals surface area contributed by atoms with Gasteiger partial charge in [-0.1, -0.05) is 23.7 Å². The molecule has 0 aliphatic heterocycles. The third kappa shape index (κ3) is 4.27. The van der Waals surface area contributed by atoms with E-state index in [1.807, 2.05) is 0 Å². The van der Waals surface area contributed by atoms with E-state index in [0.717, 1.165) is 0 Å². The minimum Gasteiger partial charge on any atom is -0.466 e. The Balaban J connectivity index is 2.01. The number of halogens is 1. The summed E-state index contributed by atoms with van der Waals surface area (Å²) in [6.45, 7) is 2.08. The lowest BCUT2D eigenvalue weighted by molar-refractivity contribution is -0.142. The Labute approximate surface area is 130 Å². The molecule has 0 atom stereocenters. The van der Waals surface area contributed by atoms with Crippen LogP contribution in [0.2, 0.25) is 5.02 Å². The fourth-order valence-electron chi connectivity index (χ4n) is 1.62. The van der Waals surface area contributed by atoms with Gasteiger partial charge in [-0.25, -0.2) is 4.98 Å². The molecule has 1 aromatic heterocycles. The van der Waals surface area contributed by atoms with Crippen LogP contribution >= 0.6 is 22.9 Å². The molecule has 7 heteroatoms. The number of anilines is 1. The Bertz CT molecular complexity index is 657. The largest absolute Gasteiger partial charge is 0.466 e. The molecular formula is C14H13ClN2O3S. The third-order valence-corrected chi connectivity index (χ3v) is 3.66. The standard InChI is InChI=1S/C14H13ClN2O3S/c1-2-20-12(18)7-9-8-21-14(16-9)17-13(19)10-5-3-4-6-11(10)15/h3-6,8H,2,7H2,1H3,(H,16,17,19). The second-order valence-electron chi connectivity index (χ2n) is 4.06. The second-order valence-corrected chi connectivity index (χ2v) is 5.33. The zero-order chi connectivity index (χ0) is 15.2. The molecule has 0 aliphatic rings. The summed E-state index contributed by atoms with van der Waals surface area (Å²) in [5.74, 6) is -0.676. The summed E-state index contributed by atoms with van der Waals surface area (Å²) in [5, 5.41) is 5.15. The molecule has 0 aliphatic carbocycles. The van der Waals surface area contributed by atoms with E-state index in [1.54, 1.807) is 36.6 Å².